The molecule has 2 heterocycles. The zero-order valence-electron chi connectivity index (χ0n) is 10.3. The van der Waals surface area contributed by atoms with Gasteiger partial charge < -0.3 is 10.1 Å². The van der Waals surface area contributed by atoms with Crippen molar-refractivity contribution in [2.75, 3.05) is 13.2 Å². The third-order valence-electron chi connectivity index (χ3n) is 2.20. The molecule has 0 unspecified atom stereocenters. The van der Waals surface area contributed by atoms with Crippen molar-refractivity contribution in [3.8, 4) is 0 Å². The fourth-order valence-corrected chi connectivity index (χ4v) is 1.35. The summed E-state index contributed by atoms with van der Waals surface area (Å²) < 4.78 is 6.65. The predicted octanol–water partition coefficient (Wildman–Crippen LogP) is 0.965. The SMILES string of the molecule is CC.Cn1ccc(C(=O)NC2(C)COC2)n1. The molecule has 0 spiro atoms. The molecule has 2 rings (SSSR count). The summed E-state index contributed by atoms with van der Waals surface area (Å²) in [4.78, 5) is 11.6. The summed E-state index contributed by atoms with van der Waals surface area (Å²) in [5.41, 5.74) is 0.231. The van der Waals surface area contributed by atoms with E-state index in [-0.39, 0.29) is 11.4 Å². The standard InChI is InChI=1S/C9H13N3O2.C2H6/c1-9(5-14-6-9)10-8(13)7-3-4-12(2)11-7;1-2/h3-4H,5-6H2,1-2H3,(H,10,13);1-2H3. The molecule has 0 aromatic carbocycles. The number of nitrogens with zero attached hydrogens (tertiary/aromatic N) is 2. The zero-order chi connectivity index (χ0) is 12.2. The molecule has 1 aromatic heterocycles. The highest BCUT2D eigenvalue weighted by Gasteiger charge is 2.35. The highest BCUT2D eigenvalue weighted by molar-refractivity contribution is 5.92. The lowest BCUT2D eigenvalue weighted by molar-refractivity contribution is -0.0594. The van der Waals surface area contributed by atoms with Gasteiger partial charge >= 0.3 is 0 Å². The van der Waals surface area contributed by atoms with Gasteiger partial charge in [-0.1, -0.05) is 13.8 Å². The lowest BCUT2D eigenvalue weighted by Gasteiger charge is -2.38. The molecule has 1 amide bonds. The summed E-state index contributed by atoms with van der Waals surface area (Å²) in [6.07, 6.45) is 1.74. The summed E-state index contributed by atoms with van der Waals surface area (Å²) in [5.74, 6) is -0.142. The first-order valence-corrected chi connectivity index (χ1v) is 5.49. The van der Waals surface area contributed by atoms with Crippen LogP contribution in [-0.4, -0.2) is 34.4 Å². The second kappa shape index (κ2) is 5.12. The van der Waals surface area contributed by atoms with Gasteiger partial charge in [0.15, 0.2) is 0 Å². The van der Waals surface area contributed by atoms with Gasteiger partial charge in [0.1, 0.15) is 5.69 Å². The van der Waals surface area contributed by atoms with Crippen molar-refractivity contribution in [3.05, 3.63) is 18.0 Å². The number of nitrogens with one attached hydrogen (secondary N) is 1. The molecule has 0 atom stereocenters. The van der Waals surface area contributed by atoms with Crippen LogP contribution in [0.25, 0.3) is 0 Å². The van der Waals surface area contributed by atoms with Crippen molar-refractivity contribution < 1.29 is 9.53 Å². The molecule has 1 aliphatic heterocycles. The lowest BCUT2D eigenvalue weighted by atomic mass is 10.0. The molecule has 5 heteroatoms. The molecule has 1 N–H and O–H groups in total. The summed E-state index contributed by atoms with van der Waals surface area (Å²) >= 11 is 0. The zero-order valence-corrected chi connectivity index (χ0v) is 10.3. The number of hydrogen-bond acceptors (Lipinski definition) is 3. The van der Waals surface area contributed by atoms with Crippen LogP contribution in [0.5, 0.6) is 0 Å². The van der Waals surface area contributed by atoms with Gasteiger partial charge in [-0.3, -0.25) is 9.48 Å². The number of carbonyl (C=O) groups excluding carboxylic acids is 1. The van der Waals surface area contributed by atoms with E-state index in [9.17, 15) is 4.79 Å². The highest BCUT2D eigenvalue weighted by Crippen LogP contribution is 2.15. The van der Waals surface area contributed by atoms with E-state index < -0.39 is 0 Å². The minimum absolute atomic E-state index is 0.142. The van der Waals surface area contributed by atoms with Crippen LogP contribution >= 0.6 is 0 Å². The minimum Gasteiger partial charge on any atom is -0.376 e. The first-order valence-electron chi connectivity index (χ1n) is 5.49. The molecule has 0 saturated carbocycles. The van der Waals surface area contributed by atoms with Crippen molar-refractivity contribution in [1.29, 1.82) is 0 Å². The average Bonchev–Trinajstić information content (AvgIpc) is 2.66. The second-order valence-corrected chi connectivity index (χ2v) is 3.88. The normalized spacial score (nSPS) is 16.8. The summed E-state index contributed by atoms with van der Waals surface area (Å²) in [6.45, 7) is 7.11. The minimum atomic E-state index is -0.214. The van der Waals surface area contributed by atoms with Crippen molar-refractivity contribution in [1.82, 2.24) is 15.1 Å². The molecule has 1 aliphatic rings. The molecule has 5 nitrogen and oxygen atoms in total. The second-order valence-electron chi connectivity index (χ2n) is 3.88. The first kappa shape index (κ1) is 12.7. The quantitative estimate of drug-likeness (QED) is 0.815. The van der Waals surface area contributed by atoms with Crippen LogP contribution in [0.4, 0.5) is 0 Å². The molecule has 1 aromatic rings. The van der Waals surface area contributed by atoms with E-state index in [0.717, 1.165) is 0 Å². The Balaban J connectivity index is 0.000000606. The Morgan fingerprint density at radius 1 is 1.56 bits per heavy atom. The van der Waals surface area contributed by atoms with Crippen LogP contribution in [0, 0.1) is 0 Å². The van der Waals surface area contributed by atoms with Gasteiger partial charge in [0.05, 0.1) is 18.8 Å². The largest absolute Gasteiger partial charge is 0.376 e. The number of rotatable bonds is 2. The summed E-state index contributed by atoms with van der Waals surface area (Å²) in [7, 11) is 1.78. The van der Waals surface area contributed by atoms with Gasteiger partial charge in [-0.05, 0) is 13.0 Å². The summed E-state index contributed by atoms with van der Waals surface area (Å²) in [5, 5.41) is 6.90. The Bertz CT molecular complexity index is 356. The Kier molecular flexibility index (Phi) is 4.06. The van der Waals surface area contributed by atoms with E-state index in [2.05, 4.69) is 10.4 Å². The van der Waals surface area contributed by atoms with Crippen LogP contribution in [0.3, 0.4) is 0 Å². The molecule has 90 valence electrons. The van der Waals surface area contributed by atoms with E-state index in [1.54, 1.807) is 24.0 Å². The van der Waals surface area contributed by atoms with Gasteiger partial charge in [-0.2, -0.15) is 5.10 Å². The molecule has 1 fully saturated rings. The van der Waals surface area contributed by atoms with Crippen LogP contribution in [0.1, 0.15) is 31.3 Å². The Hall–Kier alpha value is -1.36. The molecule has 0 bridgehead atoms. The third-order valence-corrected chi connectivity index (χ3v) is 2.20. The fourth-order valence-electron chi connectivity index (χ4n) is 1.35. The average molecular weight is 225 g/mol. The number of carbonyl (C=O) groups is 1. The van der Waals surface area contributed by atoms with Gasteiger partial charge in [-0.15, -0.1) is 0 Å². The van der Waals surface area contributed by atoms with Crippen molar-refractivity contribution >= 4 is 5.91 Å². The van der Waals surface area contributed by atoms with Gasteiger partial charge in [0.2, 0.25) is 0 Å². The van der Waals surface area contributed by atoms with Crippen LogP contribution in [0.2, 0.25) is 0 Å². The molecule has 1 saturated heterocycles. The Morgan fingerprint density at radius 3 is 2.56 bits per heavy atom. The molecular formula is C11H19N3O2. The number of amides is 1. The Labute approximate surface area is 95.8 Å². The fraction of sp³-hybridized carbons (Fsp3) is 0.636. The highest BCUT2D eigenvalue weighted by atomic mass is 16.5. The maximum absolute atomic E-state index is 11.6. The molecular weight excluding hydrogens is 206 g/mol. The van der Waals surface area contributed by atoms with Crippen molar-refractivity contribution in [2.45, 2.75) is 26.3 Å². The smallest absolute Gasteiger partial charge is 0.272 e. The maximum Gasteiger partial charge on any atom is 0.272 e. The third kappa shape index (κ3) is 2.82. The van der Waals surface area contributed by atoms with E-state index in [4.69, 9.17) is 4.74 Å². The number of hydrogen-bond donors (Lipinski definition) is 1. The summed E-state index contributed by atoms with van der Waals surface area (Å²) in [6, 6.07) is 1.69. The Morgan fingerprint density at radius 2 is 2.19 bits per heavy atom. The lowest BCUT2D eigenvalue weighted by Crippen LogP contribution is -2.59. The van der Waals surface area contributed by atoms with Crippen LogP contribution < -0.4 is 5.32 Å². The van der Waals surface area contributed by atoms with E-state index in [0.29, 0.717) is 18.9 Å². The van der Waals surface area contributed by atoms with Crippen molar-refractivity contribution in [3.63, 3.8) is 0 Å². The van der Waals surface area contributed by atoms with Crippen LogP contribution in [0.15, 0.2) is 12.3 Å². The van der Waals surface area contributed by atoms with Gasteiger partial charge in [0, 0.05) is 13.2 Å². The maximum atomic E-state index is 11.6. The van der Waals surface area contributed by atoms with Crippen molar-refractivity contribution in [2.24, 2.45) is 7.05 Å². The number of aromatic nitrogens is 2. The van der Waals surface area contributed by atoms with Gasteiger partial charge in [-0.25, -0.2) is 0 Å². The number of aryl methyl sites for hydroxylation is 1. The van der Waals surface area contributed by atoms with Gasteiger partial charge in [0.25, 0.3) is 5.91 Å². The first-order chi connectivity index (χ1) is 7.59. The number of ether oxygens (including phenoxy) is 1. The molecule has 16 heavy (non-hydrogen) atoms. The molecule has 0 aliphatic carbocycles. The topological polar surface area (TPSA) is 56.2 Å². The van der Waals surface area contributed by atoms with E-state index in [1.165, 1.54) is 0 Å². The molecule has 0 radical (unpaired) electrons. The predicted molar refractivity (Wildman–Crippen MR) is 61.2 cm³/mol. The monoisotopic (exact) mass is 225 g/mol. The van der Waals surface area contributed by atoms with E-state index >= 15 is 0 Å². The van der Waals surface area contributed by atoms with E-state index in [1.807, 2.05) is 20.8 Å². The van der Waals surface area contributed by atoms with Crippen LogP contribution in [-0.2, 0) is 11.8 Å².